The molecule has 0 amide bonds. The van der Waals surface area contributed by atoms with E-state index in [1.165, 1.54) is 33.0 Å². The normalized spacial score (nSPS) is 10.6. The van der Waals surface area contributed by atoms with Gasteiger partial charge in [-0.25, -0.2) is 4.79 Å². The lowest BCUT2D eigenvalue weighted by Crippen LogP contribution is -1.95. The molecule has 0 aromatic heterocycles. The second-order valence-corrected chi connectivity index (χ2v) is 8.90. The van der Waals surface area contributed by atoms with Gasteiger partial charge in [-0.15, -0.1) is 5.26 Å². The summed E-state index contributed by atoms with van der Waals surface area (Å²) in [6.45, 7) is 7.89. The van der Waals surface area contributed by atoms with Gasteiger partial charge >= 0.3 is 0 Å². The SMILES string of the molecule is Cc1cc(Cc2ccc3cc(Cc4cc(C)c(OC#N)c(C)c4)ccc3c2)cc(C)c1N=C=O. The van der Waals surface area contributed by atoms with E-state index in [1.54, 1.807) is 12.3 Å². The number of aliphatic imine (C=N–C) groups is 1. The van der Waals surface area contributed by atoms with E-state index in [-0.39, 0.29) is 0 Å². The van der Waals surface area contributed by atoms with Crippen molar-refractivity contribution in [1.82, 2.24) is 0 Å². The molecule has 0 saturated heterocycles. The van der Waals surface area contributed by atoms with Gasteiger partial charge in [-0.1, -0.05) is 60.7 Å². The van der Waals surface area contributed by atoms with E-state index in [9.17, 15) is 4.79 Å². The van der Waals surface area contributed by atoms with Gasteiger partial charge < -0.3 is 4.74 Å². The maximum atomic E-state index is 10.7. The van der Waals surface area contributed by atoms with Gasteiger partial charge in [0, 0.05) is 0 Å². The fourth-order valence-electron chi connectivity index (χ4n) is 4.75. The molecule has 4 aromatic carbocycles. The van der Waals surface area contributed by atoms with E-state index in [4.69, 9.17) is 10.00 Å². The van der Waals surface area contributed by atoms with Gasteiger partial charge in [-0.3, -0.25) is 0 Å². The standard InChI is InChI=1S/C30H26N2O2/c1-19-9-25(10-20(2)29(19)32-18-33)13-23-5-7-28-16-24(6-8-27(28)15-23)14-26-11-21(3)30(34-17-31)22(4)12-26/h5-12,15-16H,13-14H2,1-4H3. The minimum Gasteiger partial charge on any atom is -0.387 e. The fourth-order valence-corrected chi connectivity index (χ4v) is 4.75. The van der Waals surface area contributed by atoms with Crippen molar-refractivity contribution in [3.8, 4) is 12.0 Å². The van der Waals surface area contributed by atoms with Crippen LogP contribution in [0.4, 0.5) is 5.69 Å². The van der Waals surface area contributed by atoms with Crippen LogP contribution < -0.4 is 4.74 Å². The summed E-state index contributed by atoms with van der Waals surface area (Å²) in [5.74, 6) is 0.647. The smallest absolute Gasteiger partial charge is 0.292 e. The van der Waals surface area contributed by atoms with Crippen molar-refractivity contribution >= 4 is 22.5 Å². The van der Waals surface area contributed by atoms with E-state index in [1.807, 2.05) is 27.7 Å². The van der Waals surface area contributed by atoms with E-state index < -0.39 is 0 Å². The quantitative estimate of drug-likeness (QED) is 0.181. The third-order valence-electron chi connectivity index (χ3n) is 6.16. The minimum atomic E-state index is 0.647. The van der Waals surface area contributed by atoms with Gasteiger partial charge in [0.2, 0.25) is 6.08 Å². The van der Waals surface area contributed by atoms with Crippen LogP contribution in [0, 0.1) is 39.2 Å². The highest BCUT2D eigenvalue weighted by Gasteiger charge is 2.09. The molecule has 4 heteroatoms. The molecule has 0 radical (unpaired) electrons. The maximum Gasteiger partial charge on any atom is 0.292 e. The summed E-state index contributed by atoms with van der Waals surface area (Å²) >= 11 is 0. The van der Waals surface area contributed by atoms with Gasteiger partial charge in [0.1, 0.15) is 5.75 Å². The predicted octanol–water partition coefficient (Wildman–Crippen LogP) is 7.08. The summed E-state index contributed by atoms with van der Waals surface area (Å²) in [7, 11) is 0. The maximum absolute atomic E-state index is 10.7. The lowest BCUT2D eigenvalue weighted by atomic mass is 9.95. The van der Waals surface area contributed by atoms with E-state index in [0.29, 0.717) is 11.4 Å². The molecule has 4 aromatic rings. The van der Waals surface area contributed by atoms with Gasteiger partial charge in [-0.2, -0.15) is 4.99 Å². The first-order valence-electron chi connectivity index (χ1n) is 11.2. The average Bonchev–Trinajstić information content (AvgIpc) is 2.79. The van der Waals surface area contributed by atoms with Crippen LogP contribution in [0.1, 0.15) is 44.5 Å². The summed E-state index contributed by atoms with van der Waals surface area (Å²) in [6, 6.07) is 21.5. The first-order chi connectivity index (χ1) is 16.4. The molecule has 0 unspecified atom stereocenters. The van der Waals surface area contributed by atoms with Crippen LogP contribution in [-0.2, 0) is 17.6 Å². The molecular formula is C30H26N2O2. The van der Waals surface area contributed by atoms with E-state index >= 15 is 0 Å². The predicted molar refractivity (Wildman–Crippen MR) is 135 cm³/mol. The molecular weight excluding hydrogens is 420 g/mol. The van der Waals surface area contributed by atoms with Crippen molar-refractivity contribution in [2.75, 3.05) is 0 Å². The Kier molecular flexibility index (Phi) is 6.59. The zero-order chi connectivity index (χ0) is 24.2. The molecule has 0 aliphatic rings. The van der Waals surface area contributed by atoms with Crippen LogP contribution in [0.5, 0.6) is 5.75 Å². The van der Waals surface area contributed by atoms with Crippen molar-refractivity contribution < 1.29 is 9.53 Å². The summed E-state index contributed by atoms with van der Waals surface area (Å²) in [5, 5.41) is 11.3. The van der Waals surface area contributed by atoms with E-state index in [0.717, 1.165) is 35.1 Å². The number of hydrogen-bond acceptors (Lipinski definition) is 4. The molecule has 0 spiro atoms. The fraction of sp³-hybridized carbons (Fsp3) is 0.200. The molecule has 0 saturated carbocycles. The molecule has 0 atom stereocenters. The van der Waals surface area contributed by atoms with Gasteiger partial charge in [0.05, 0.1) is 5.69 Å². The van der Waals surface area contributed by atoms with Crippen molar-refractivity contribution in [3.63, 3.8) is 0 Å². The zero-order valence-corrected chi connectivity index (χ0v) is 19.9. The molecule has 4 nitrogen and oxygen atoms in total. The highest BCUT2D eigenvalue weighted by Crippen LogP contribution is 2.28. The molecule has 0 N–H and O–H groups in total. The first-order valence-corrected chi connectivity index (χ1v) is 11.2. The number of rotatable bonds is 6. The number of nitrogens with zero attached hydrogens (tertiary/aromatic N) is 2. The number of aryl methyl sites for hydroxylation is 4. The number of hydrogen-bond donors (Lipinski definition) is 0. The monoisotopic (exact) mass is 446 g/mol. The molecule has 0 bridgehead atoms. The molecule has 0 aliphatic heterocycles. The third kappa shape index (κ3) is 4.91. The lowest BCUT2D eigenvalue weighted by molar-refractivity contribution is 0.498. The van der Waals surface area contributed by atoms with Crippen molar-refractivity contribution in [1.29, 1.82) is 5.26 Å². The molecule has 4 rings (SSSR count). The van der Waals surface area contributed by atoms with Crippen molar-refractivity contribution in [2.24, 2.45) is 4.99 Å². The summed E-state index contributed by atoms with van der Waals surface area (Å²) in [6.07, 6.45) is 5.05. The van der Waals surface area contributed by atoms with Gasteiger partial charge in [0.25, 0.3) is 6.26 Å². The van der Waals surface area contributed by atoms with Crippen LogP contribution in [0.25, 0.3) is 10.8 Å². The Morgan fingerprint density at radius 2 is 1.18 bits per heavy atom. The average molecular weight is 447 g/mol. The Hall–Kier alpha value is -4.19. The van der Waals surface area contributed by atoms with Crippen LogP contribution in [0.15, 0.2) is 65.7 Å². The number of fused-ring (bicyclic) bond motifs is 1. The van der Waals surface area contributed by atoms with Crippen LogP contribution >= 0.6 is 0 Å². The van der Waals surface area contributed by atoms with Gasteiger partial charge in [-0.05, 0) is 95.8 Å². The molecule has 0 heterocycles. The Balaban J connectivity index is 1.56. The number of benzene rings is 4. The first kappa shape index (κ1) is 23.0. The molecule has 0 aliphatic carbocycles. The second-order valence-electron chi connectivity index (χ2n) is 8.90. The summed E-state index contributed by atoms with van der Waals surface area (Å²) in [5.41, 5.74) is 9.51. The zero-order valence-electron chi connectivity index (χ0n) is 19.9. The van der Waals surface area contributed by atoms with Crippen molar-refractivity contribution in [3.05, 3.63) is 105 Å². The van der Waals surface area contributed by atoms with Crippen LogP contribution in [0.2, 0.25) is 0 Å². The second kappa shape index (κ2) is 9.75. The van der Waals surface area contributed by atoms with Crippen molar-refractivity contribution in [2.45, 2.75) is 40.5 Å². The highest BCUT2D eigenvalue weighted by atomic mass is 16.5. The Morgan fingerprint density at radius 3 is 1.62 bits per heavy atom. The van der Waals surface area contributed by atoms with E-state index in [2.05, 4.69) is 65.7 Å². The number of isocyanates is 1. The molecule has 168 valence electrons. The Morgan fingerprint density at radius 1 is 0.706 bits per heavy atom. The van der Waals surface area contributed by atoms with Crippen LogP contribution in [-0.4, -0.2) is 6.08 Å². The highest BCUT2D eigenvalue weighted by molar-refractivity contribution is 5.84. The van der Waals surface area contributed by atoms with Gasteiger partial charge in [0.15, 0.2) is 0 Å². The number of nitriles is 1. The Bertz CT molecular complexity index is 1440. The summed E-state index contributed by atoms with van der Waals surface area (Å²) in [4.78, 5) is 14.5. The number of carbonyl (C=O) groups excluding carboxylic acids is 1. The van der Waals surface area contributed by atoms with Crippen LogP contribution in [0.3, 0.4) is 0 Å². The number of ether oxygens (including phenoxy) is 1. The third-order valence-corrected chi connectivity index (χ3v) is 6.16. The summed E-state index contributed by atoms with van der Waals surface area (Å²) < 4.78 is 5.10. The minimum absolute atomic E-state index is 0.647. The molecule has 0 fully saturated rings. The Labute approximate surface area is 200 Å². The molecule has 34 heavy (non-hydrogen) atoms. The topological polar surface area (TPSA) is 62.4 Å². The lowest BCUT2D eigenvalue weighted by Gasteiger charge is -2.11. The largest absolute Gasteiger partial charge is 0.387 e.